The lowest BCUT2D eigenvalue weighted by Crippen LogP contribution is -2.09. The quantitative estimate of drug-likeness (QED) is 0.807. The molecule has 2 aromatic heterocycles. The van der Waals surface area contributed by atoms with Crippen LogP contribution in [-0.4, -0.2) is 25.7 Å². The Kier molecular flexibility index (Phi) is 3.37. The lowest BCUT2D eigenvalue weighted by atomic mass is 10.2. The predicted octanol–water partition coefficient (Wildman–Crippen LogP) is 2.85. The molecule has 0 bridgehead atoms. The summed E-state index contributed by atoms with van der Waals surface area (Å²) >= 11 is 7.14. The van der Waals surface area contributed by atoms with Gasteiger partial charge in [-0.2, -0.15) is 4.52 Å². The SMILES string of the molecule is CCC(=O)Nc1nn2c(-c3ccc(Cl)cc3)nnc2s1. The van der Waals surface area contributed by atoms with E-state index in [9.17, 15) is 4.79 Å². The number of halogens is 1. The standard InChI is InChI=1S/C12H10ClN5OS/c1-2-9(19)14-11-17-18-10(15-16-12(18)20-11)7-3-5-8(13)6-4-7/h3-6H,2H2,1H3,(H,14,17,19). The van der Waals surface area contributed by atoms with Crippen molar-refractivity contribution in [1.29, 1.82) is 0 Å². The number of carbonyl (C=O) groups excluding carboxylic acids is 1. The first-order valence-electron chi connectivity index (χ1n) is 5.95. The normalized spacial score (nSPS) is 10.9. The molecule has 1 aromatic carbocycles. The van der Waals surface area contributed by atoms with Crippen LogP contribution in [0.4, 0.5) is 5.13 Å². The molecule has 0 saturated heterocycles. The molecular formula is C12H10ClN5OS. The van der Waals surface area contributed by atoms with Gasteiger partial charge in [-0.3, -0.25) is 4.79 Å². The molecule has 0 aliphatic carbocycles. The van der Waals surface area contributed by atoms with Crippen molar-refractivity contribution in [2.45, 2.75) is 13.3 Å². The van der Waals surface area contributed by atoms with Crippen LogP contribution in [0.5, 0.6) is 0 Å². The molecule has 0 fully saturated rings. The summed E-state index contributed by atoms with van der Waals surface area (Å²) in [5, 5.41) is 16.3. The summed E-state index contributed by atoms with van der Waals surface area (Å²) in [5.74, 6) is 0.535. The van der Waals surface area contributed by atoms with E-state index >= 15 is 0 Å². The Balaban J connectivity index is 2.00. The number of hydrogen-bond donors (Lipinski definition) is 1. The van der Waals surface area contributed by atoms with Crippen LogP contribution < -0.4 is 5.32 Å². The number of rotatable bonds is 3. The summed E-state index contributed by atoms with van der Waals surface area (Å²) in [4.78, 5) is 12.0. The first kappa shape index (κ1) is 13.0. The average molecular weight is 308 g/mol. The molecule has 0 aliphatic rings. The third kappa shape index (κ3) is 2.37. The highest BCUT2D eigenvalue weighted by molar-refractivity contribution is 7.20. The lowest BCUT2D eigenvalue weighted by molar-refractivity contribution is -0.115. The summed E-state index contributed by atoms with van der Waals surface area (Å²) in [7, 11) is 0. The summed E-state index contributed by atoms with van der Waals surface area (Å²) in [5.41, 5.74) is 0.862. The molecule has 8 heteroatoms. The lowest BCUT2D eigenvalue weighted by Gasteiger charge is -1.98. The van der Waals surface area contributed by atoms with E-state index in [1.807, 2.05) is 12.1 Å². The van der Waals surface area contributed by atoms with Gasteiger partial charge in [0.1, 0.15) is 0 Å². The van der Waals surface area contributed by atoms with Gasteiger partial charge < -0.3 is 5.32 Å². The molecular weight excluding hydrogens is 298 g/mol. The van der Waals surface area contributed by atoms with E-state index in [1.165, 1.54) is 11.3 Å². The Morgan fingerprint density at radius 3 is 2.80 bits per heavy atom. The average Bonchev–Trinajstić information content (AvgIpc) is 2.99. The van der Waals surface area contributed by atoms with E-state index in [0.29, 0.717) is 27.4 Å². The smallest absolute Gasteiger partial charge is 0.236 e. The second-order valence-corrected chi connectivity index (χ2v) is 5.43. The van der Waals surface area contributed by atoms with Crippen molar-refractivity contribution in [2.75, 3.05) is 5.32 Å². The second kappa shape index (κ2) is 5.18. The number of hydrogen-bond acceptors (Lipinski definition) is 5. The van der Waals surface area contributed by atoms with Gasteiger partial charge in [-0.15, -0.1) is 15.3 Å². The van der Waals surface area contributed by atoms with E-state index in [-0.39, 0.29) is 5.91 Å². The van der Waals surface area contributed by atoms with Gasteiger partial charge in [0.15, 0.2) is 5.82 Å². The van der Waals surface area contributed by atoms with E-state index in [1.54, 1.807) is 23.6 Å². The van der Waals surface area contributed by atoms with Crippen molar-refractivity contribution in [3.63, 3.8) is 0 Å². The van der Waals surface area contributed by atoms with Crippen LogP contribution in [0.25, 0.3) is 16.3 Å². The fourth-order valence-corrected chi connectivity index (χ4v) is 2.54. The Labute approximate surface area is 123 Å². The minimum atomic E-state index is -0.0806. The number of nitrogens with one attached hydrogen (secondary N) is 1. The molecule has 6 nitrogen and oxygen atoms in total. The zero-order valence-corrected chi connectivity index (χ0v) is 12.1. The van der Waals surface area contributed by atoms with Crippen LogP contribution in [0, 0.1) is 0 Å². The summed E-state index contributed by atoms with van der Waals surface area (Å²) < 4.78 is 1.61. The molecule has 1 amide bonds. The maximum Gasteiger partial charge on any atom is 0.236 e. The van der Waals surface area contributed by atoms with Crippen molar-refractivity contribution < 1.29 is 4.79 Å². The number of benzene rings is 1. The van der Waals surface area contributed by atoms with Crippen molar-refractivity contribution in [3.8, 4) is 11.4 Å². The first-order valence-corrected chi connectivity index (χ1v) is 7.15. The van der Waals surface area contributed by atoms with Crippen LogP contribution in [0.1, 0.15) is 13.3 Å². The number of aromatic nitrogens is 4. The zero-order valence-electron chi connectivity index (χ0n) is 10.5. The molecule has 0 unspecified atom stereocenters. The number of nitrogens with zero attached hydrogens (tertiary/aromatic N) is 4. The van der Waals surface area contributed by atoms with Crippen LogP contribution in [0.15, 0.2) is 24.3 Å². The topological polar surface area (TPSA) is 72.2 Å². The monoisotopic (exact) mass is 307 g/mol. The van der Waals surface area contributed by atoms with Crippen molar-refractivity contribution in [3.05, 3.63) is 29.3 Å². The molecule has 102 valence electrons. The molecule has 0 saturated carbocycles. The third-order valence-electron chi connectivity index (χ3n) is 2.66. The summed E-state index contributed by atoms with van der Waals surface area (Å²) in [6.07, 6.45) is 0.407. The van der Waals surface area contributed by atoms with E-state index in [2.05, 4.69) is 20.6 Å². The van der Waals surface area contributed by atoms with Crippen molar-refractivity contribution in [2.24, 2.45) is 0 Å². The van der Waals surface area contributed by atoms with Gasteiger partial charge in [0.05, 0.1) is 0 Å². The van der Waals surface area contributed by atoms with Gasteiger partial charge in [0.2, 0.25) is 16.0 Å². The Hall–Kier alpha value is -1.99. The Morgan fingerprint density at radius 2 is 2.10 bits per heavy atom. The van der Waals surface area contributed by atoms with Gasteiger partial charge in [-0.05, 0) is 24.3 Å². The highest BCUT2D eigenvalue weighted by atomic mass is 35.5. The predicted molar refractivity (Wildman–Crippen MR) is 78.0 cm³/mol. The van der Waals surface area contributed by atoms with Crippen molar-refractivity contribution >= 4 is 38.9 Å². The highest BCUT2D eigenvalue weighted by Gasteiger charge is 2.14. The van der Waals surface area contributed by atoms with Gasteiger partial charge in [-0.1, -0.05) is 29.9 Å². The second-order valence-electron chi connectivity index (χ2n) is 4.03. The van der Waals surface area contributed by atoms with Crippen LogP contribution in [-0.2, 0) is 4.79 Å². The molecule has 1 N–H and O–H groups in total. The van der Waals surface area contributed by atoms with Gasteiger partial charge >= 0.3 is 0 Å². The van der Waals surface area contributed by atoms with Gasteiger partial charge in [0, 0.05) is 17.0 Å². The molecule has 3 rings (SSSR count). The minimum Gasteiger partial charge on any atom is -0.301 e. The highest BCUT2D eigenvalue weighted by Crippen LogP contribution is 2.25. The number of fused-ring (bicyclic) bond motifs is 1. The molecule has 2 heterocycles. The third-order valence-corrected chi connectivity index (χ3v) is 3.73. The molecule has 3 aromatic rings. The minimum absolute atomic E-state index is 0.0806. The molecule has 0 atom stereocenters. The van der Waals surface area contributed by atoms with E-state index in [4.69, 9.17) is 11.6 Å². The van der Waals surface area contributed by atoms with Crippen LogP contribution >= 0.6 is 22.9 Å². The number of carbonyl (C=O) groups is 1. The van der Waals surface area contributed by atoms with Crippen LogP contribution in [0.3, 0.4) is 0 Å². The zero-order chi connectivity index (χ0) is 14.1. The Morgan fingerprint density at radius 1 is 1.35 bits per heavy atom. The molecule has 0 aliphatic heterocycles. The maximum atomic E-state index is 11.4. The Bertz CT molecular complexity index is 764. The number of amides is 1. The molecule has 0 radical (unpaired) electrons. The van der Waals surface area contributed by atoms with Gasteiger partial charge in [0.25, 0.3) is 0 Å². The molecule has 0 spiro atoms. The van der Waals surface area contributed by atoms with Crippen LogP contribution in [0.2, 0.25) is 5.02 Å². The maximum absolute atomic E-state index is 11.4. The van der Waals surface area contributed by atoms with E-state index in [0.717, 1.165) is 5.56 Å². The molecule has 20 heavy (non-hydrogen) atoms. The van der Waals surface area contributed by atoms with E-state index < -0.39 is 0 Å². The largest absolute Gasteiger partial charge is 0.301 e. The van der Waals surface area contributed by atoms with Crippen molar-refractivity contribution in [1.82, 2.24) is 19.8 Å². The fraction of sp³-hybridized carbons (Fsp3) is 0.167. The van der Waals surface area contributed by atoms with Gasteiger partial charge in [-0.25, -0.2) is 0 Å². The number of anilines is 1. The first-order chi connectivity index (χ1) is 9.67. The summed E-state index contributed by atoms with van der Waals surface area (Å²) in [6.45, 7) is 1.79. The summed E-state index contributed by atoms with van der Waals surface area (Å²) in [6, 6.07) is 7.26. The fourth-order valence-electron chi connectivity index (χ4n) is 1.65.